The van der Waals surface area contributed by atoms with Gasteiger partial charge in [0.1, 0.15) is 0 Å². The zero-order chi connectivity index (χ0) is 11.4. The Hall–Kier alpha value is -1.38. The first-order valence-electron chi connectivity index (χ1n) is 5.00. The predicted molar refractivity (Wildman–Crippen MR) is 65.4 cm³/mol. The van der Waals surface area contributed by atoms with Gasteiger partial charge in [-0.15, -0.1) is 0 Å². The molecule has 3 heteroatoms. The number of ether oxygens (including phenoxy) is 1. The van der Waals surface area contributed by atoms with Gasteiger partial charge in [-0.05, 0) is 23.8 Å². The Kier molecular flexibility index (Phi) is 3.54. The van der Waals surface area contributed by atoms with Crippen molar-refractivity contribution >= 4 is 11.6 Å². The lowest BCUT2D eigenvalue weighted by Crippen LogP contribution is -1.95. The van der Waals surface area contributed by atoms with Gasteiger partial charge in [-0.2, -0.15) is 0 Å². The molecule has 2 rings (SSSR count). The molecule has 0 aliphatic carbocycles. The summed E-state index contributed by atoms with van der Waals surface area (Å²) in [7, 11) is 1.67. The maximum atomic E-state index is 5.86. The van der Waals surface area contributed by atoms with Crippen molar-refractivity contribution in [3.8, 4) is 11.1 Å². The van der Waals surface area contributed by atoms with E-state index in [0.717, 1.165) is 21.8 Å². The van der Waals surface area contributed by atoms with E-state index in [1.807, 2.05) is 36.4 Å². The Balaban J connectivity index is 2.42. The van der Waals surface area contributed by atoms with Crippen molar-refractivity contribution in [2.45, 2.75) is 6.61 Å². The Bertz CT molecular complexity index is 468. The number of hydrogen-bond acceptors (Lipinski definition) is 2. The summed E-state index contributed by atoms with van der Waals surface area (Å²) in [5.74, 6) is 0. The fourth-order valence-electron chi connectivity index (χ4n) is 1.58. The SMILES string of the molecule is COCc1ncccc1-c1ccc(Cl)cc1. The lowest BCUT2D eigenvalue weighted by molar-refractivity contribution is 0.182. The summed E-state index contributed by atoms with van der Waals surface area (Å²) in [6.45, 7) is 0.513. The predicted octanol–water partition coefficient (Wildman–Crippen LogP) is 3.55. The summed E-state index contributed by atoms with van der Waals surface area (Å²) < 4.78 is 5.13. The van der Waals surface area contributed by atoms with Crippen LogP contribution < -0.4 is 0 Å². The molecule has 1 aromatic heterocycles. The second-order valence-electron chi connectivity index (χ2n) is 3.44. The molecule has 0 saturated carbocycles. The van der Waals surface area contributed by atoms with Gasteiger partial charge < -0.3 is 4.74 Å². The average Bonchev–Trinajstić information content (AvgIpc) is 2.32. The zero-order valence-electron chi connectivity index (χ0n) is 8.98. The maximum absolute atomic E-state index is 5.86. The van der Waals surface area contributed by atoms with E-state index in [1.54, 1.807) is 13.3 Å². The summed E-state index contributed by atoms with van der Waals surface area (Å²) in [4.78, 5) is 4.31. The highest BCUT2D eigenvalue weighted by molar-refractivity contribution is 6.30. The number of nitrogens with zero attached hydrogens (tertiary/aromatic N) is 1. The molecule has 0 bridgehead atoms. The van der Waals surface area contributed by atoms with E-state index in [0.29, 0.717) is 6.61 Å². The molecule has 0 fully saturated rings. The van der Waals surface area contributed by atoms with Crippen LogP contribution in [0.3, 0.4) is 0 Å². The molecule has 0 aliphatic rings. The summed E-state index contributed by atoms with van der Waals surface area (Å²) in [6.07, 6.45) is 1.77. The Morgan fingerprint density at radius 1 is 1.19 bits per heavy atom. The standard InChI is InChI=1S/C13H12ClNO/c1-16-9-13-12(3-2-8-15-13)10-4-6-11(14)7-5-10/h2-8H,9H2,1H3. The molecular formula is C13H12ClNO. The topological polar surface area (TPSA) is 22.1 Å². The van der Waals surface area contributed by atoms with Gasteiger partial charge in [0.15, 0.2) is 0 Å². The zero-order valence-corrected chi connectivity index (χ0v) is 9.74. The van der Waals surface area contributed by atoms with Crippen LogP contribution in [0.2, 0.25) is 5.02 Å². The molecule has 1 heterocycles. The van der Waals surface area contributed by atoms with Crippen molar-refractivity contribution in [2.24, 2.45) is 0 Å². The number of rotatable bonds is 3. The highest BCUT2D eigenvalue weighted by Gasteiger charge is 2.05. The van der Waals surface area contributed by atoms with Crippen LogP contribution in [-0.4, -0.2) is 12.1 Å². The van der Waals surface area contributed by atoms with Gasteiger partial charge in [-0.1, -0.05) is 29.8 Å². The molecule has 0 amide bonds. The normalized spacial score (nSPS) is 10.4. The minimum atomic E-state index is 0.513. The molecule has 2 nitrogen and oxygen atoms in total. The molecule has 0 saturated heterocycles. The van der Waals surface area contributed by atoms with E-state index in [1.165, 1.54) is 0 Å². The Labute approximate surface area is 99.9 Å². The van der Waals surface area contributed by atoms with E-state index >= 15 is 0 Å². The van der Waals surface area contributed by atoms with Crippen LogP contribution in [0.15, 0.2) is 42.6 Å². The van der Waals surface area contributed by atoms with Crippen LogP contribution >= 0.6 is 11.6 Å². The maximum Gasteiger partial charge on any atom is 0.0890 e. The molecule has 1 aromatic carbocycles. The quantitative estimate of drug-likeness (QED) is 0.809. The van der Waals surface area contributed by atoms with E-state index in [-0.39, 0.29) is 0 Å². The van der Waals surface area contributed by atoms with Crippen molar-refractivity contribution in [3.05, 3.63) is 53.3 Å². The van der Waals surface area contributed by atoms with Crippen LogP contribution in [-0.2, 0) is 11.3 Å². The van der Waals surface area contributed by atoms with E-state index in [2.05, 4.69) is 4.98 Å². The summed E-state index contributed by atoms with van der Waals surface area (Å²) >= 11 is 5.86. The highest BCUT2D eigenvalue weighted by atomic mass is 35.5. The van der Waals surface area contributed by atoms with Crippen LogP contribution in [0.4, 0.5) is 0 Å². The molecule has 16 heavy (non-hydrogen) atoms. The molecule has 0 unspecified atom stereocenters. The van der Waals surface area contributed by atoms with Gasteiger partial charge in [-0.25, -0.2) is 0 Å². The Morgan fingerprint density at radius 2 is 1.94 bits per heavy atom. The van der Waals surface area contributed by atoms with Gasteiger partial charge in [0.05, 0.1) is 12.3 Å². The molecule has 0 radical (unpaired) electrons. The first kappa shape index (κ1) is 11.1. The first-order chi connectivity index (χ1) is 7.81. The third-order valence-electron chi connectivity index (χ3n) is 2.33. The van der Waals surface area contributed by atoms with Crippen molar-refractivity contribution in [2.75, 3.05) is 7.11 Å². The highest BCUT2D eigenvalue weighted by Crippen LogP contribution is 2.24. The van der Waals surface area contributed by atoms with Crippen LogP contribution in [0.5, 0.6) is 0 Å². The van der Waals surface area contributed by atoms with Gasteiger partial charge in [-0.3, -0.25) is 4.98 Å². The van der Waals surface area contributed by atoms with Crippen molar-refractivity contribution in [1.29, 1.82) is 0 Å². The summed E-state index contributed by atoms with van der Waals surface area (Å²) in [5.41, 5.74) is 3.12. The monoisotopic (exact) mass is 233 g/mol. The molecule has 82 valence electrons. The largest absolute Gasteiger partial charge is 0.378 e. The van der Waals surface area contributed by atoms with Gasteiger partial charge in [0, 0.05) is 23.9 Å². The minimum Gasteiger partial charge on any atom is -0.378 e. The van der Waals surface area contributed by atoms with Crippen LogP contribution in [0.1, 0.15) is 5.69 Å². The molecule has 0 atom stereocenters. The van der Waals surface area contributed by atoms with Gasteiger partial charge in [0.2, 0.25) is 0 Å². The lowest BCUT2D eigenvalue weighted by atomic mass is 10.0. The fourth-order valence-corrected chi connectivity index (χ4v) is 1.71. The van der Waals surface area contributed by atoms with Crippen molar-refractivity contribution < 1.29 is 4.74 Å². The molecule has 0 N–H and O–H groups in total. The van der Waals surface area contributed by atoms with Gasteiger partial charge >= 0.3 is 0 Å². The molecule has 2 aromatic rings. The third kappa shape index (κ3) is 2.40. The average molecular weight is 234 g/mol. The fraction of sp³-hybridized carbons (Fsp3) is 0.154. The second kappa shape index (κ2) is 5.10. The second-order valence-corrected chi connectivity index (χ2v) is 3.87. The molecule has 0 spiro atoms. The molecular weight excluding hydrogens is 222 g/mol. The summed E-state index contributed by atoms with van der Waals surface area (Å²) in [5, 5.41) is 0.737. The van der Waals surface area contributed by atoms with Crippen molar-refractivity contribution in [3.63, 3.8) is 0 Å². The van der Waals surface area contributed by atoms with E-state index in [9.17, 15) is 0 Å². The first-order valence-corrected chi connectivity index (χ1v) is 5.38. The summed E-state index contributed by atoms with van der Waals surface area (Å²) in [6, 6.07) is 11.7. The van der Waals surface area contributed by atoms with Crippen LogP contribution in [0.25, 0.3) is 11.1 Å². The number of pyridine rings is 1. The smallest absolute Gasteiger partial charge is 0.0890 e. The van der Waals surface area contributed by atoms with Crippen LogP contribution in [0, 0.1) is 0 Å². The Morgan fingerprint density at radius 3 is 2.62 bits per heavy atom. The number of methoxy groups -OCH3 is 1. The van der Waals surface area contributed by atoms with E-state index < -0.39 is 0 Å². The minimum absolute atomic E-state index is 0.513. The van der Waals surface area contributed by atoms with Crippen molar-refractivity contribution in [1.82, 2.24) is 4.98 Å². The van der Waals surface area contributed by atoms with Gasteiger partial charge in [0.25, 0.3) is 0 Å². The number of aromatic nitrogens is 1. The van der Waals surface area contributed by atoms with E-state index in [4.69, 9.17) is 16.3 Å². The lowest BCUT2D eigenvalue weighted by Gasteiger charge is -2.07. The number of benzene rings is 1. The third-order valence-corrected chi connectivity index (χ3v) is 2.58. The number of hydrogen-bond donors (Lipinski definition) is 0. The number of halogens is 1. The molecule has 0 aliphatic heterocycles.